The molecule has 0 aromatic carbocycles. The van der Waals surface area contributed by atoms with Crippen LogP contribution in [0, 0.1) is 6.92 Å². The molecule has 1 fully saturated rings. The van der Waals surface area contributed by atoms with E-state index in [2.05, 4.69) is 25.9 Å². The maximum Gasteiger partial charge on any atom is 0.401 e. The number of nitrogens with one attached hydrogen (secondary N) is 3. The minimum Gasteiger partial charge on any atom is -0.357 e. The van der Waals surface area contributed by atoms with Gasteiger partial charge in [-0.1, -0.05) is 6.07 Å². The zero-order valence-electron chi connectivity index (χ0n) is 16.1. The zero-order valence-corrected chi connectivity index (χ0v) is 16.1. The molecule has 0 bridgehead atoms. The second kappa shape index (κ2) is 10.3. The van der Waals surface area contributed by atoms with Gasteiger partial charge in [-0.2, -0.15) is 13.2 Å². The molecule has 1 aromatic rings. The van der Waals surface area contributed by atoms with Crippen LogP contribution in [0.1, 0.15) is 25.5 Å². The number of hydrogen-bond donors (Lipinski definition) is 3. The maximum atomic E-state index is 12.5. The summed E-state index contributed by atoms with van der Waals surface area (Å²) in [5.41, 5.74) is 0.811. The highest BCUT2D eigenvalue weighted by Gasteiger charge is 2.34. The summed E-state index contributed by atoms with van der Waals surface area (Å²) in [4.78, 5) is 21.9. The van der Waals surface area contributed by atoms with Gasteiger partial charge in [0.15, 0.2) is 5.96 Å². The average Bonchev–Trinajstić information content (AvgIpc) is 3.00. The lowest BCUT2D eigenvalue weighted by molar-refractivity contribution is -0.143. The number of aryl methyl sites for hydroxylation is 1. The molecular formula is C18H27F3N6O. The maximum absolute atomic E-state index is 12.5. The van der Waals surface area contributed by atoms with E-state index in [1.165, 1.54) is 4.90 Å². The summed E-state index contributed by atoms with van der Waals surface area (Å²) < 4.78 is 37.5. The molecular weight excluding hydrogens is 373 g/mol. The lowest BCUT2D eigenvalue weighted by atomic mass is 10.3. The van der Waals surface area contributed by atoms with Gasteiger partial charge in [-0.15, -0.1) is 0 Å². The number of anilines is 1. The van der Waals surface area contributed by atoms with Crippen molar-refractivity contribution < 1.29 is 18.0 Å². The minimum absolute atomic E-state index is 0.106. The number of guanidine groups is 1. The second-order valence-electron chi connectivity index (χ2n) is 6.70. The quantitative estimate of drug-likeness (QED) is 0.481. The third kappa shape index (κ3) is 8.12. The topological polar surface area (TPSA) is 81.6 Å². The fourth-order valence-electron chi connectivity index (χ4n) is 2.95. The number of halogens is 3. The van der Waals surface area contributed by atoms with Crippen LogP contribution >= 0.6 is 0 Å². The number of aliphatic imine (C=N–C) groups is 1. The Morgan fingerprint density at radius 2 is 2.18 bits per heavy atom. The van der Waals surface area contributed by atoms with Crippen LogP contribution in [0.4, 0.5) is 19.0 Å². The number of alkyl halides is 3. The summed E-state index contributed by atoms with van der Waals surface area (Å²) in [5, 5.41) is 8.92. The van der Waals surface area contributed by atoms with Gasteiger partial charge in [0.1, 0.15) is 5.82 Å². The van der Waals surface area contributed by atoms with Crippen molar-refractivity contribution >= 4 is 17.7 Å². The SMILES string of the molecule is CCNC(=NCCC(=O)Nc1cccc(C)n1)NC1CCN(CC(F)(F)F)C1. The standard InChI is InChI=1S/C18H27F3N6O/c1-3-22-17(25-14-8-10-27(11-14)12-18(19,20)21)23-9-7-16(28)26-15-6-4-5-13(2)24-15/h4-6,14H,3,7-12H2,1-2H3,(H2,22,23,25)(H,24,26,28). The molecule has 28 heavy (non-hydrogen) atoms. The predicted octanol–water partition coefficient (Wildman–Crippen LogP) is 1.91. The fraction of sp³-hybridized carbons (Fsp3) is 0.611. The van der Waals surface area contributed by atoms with Crippen molar-refractivity contribution in [3.8, 4) is 0 Å². The summed E-state index contributed by atoms with van der Waals surface area (Å²) in [7, 11) is 0. The Bertz CT molecular complexity index is 680. The van der Waals surface area contributed by atoms with E-state index in [0.717, 1.165) is 5.69 Å². The van der Waals surface area contributed by atoms with Gasteiger partial charge in [-0.3, -0.25) is 14.7 Å². The zero-order chi connectivity index (χ0) is 20.6. The van der Waals surface area contributed by atoms with E-state index in [-0.39, 0.29) is 24.9 Å². The normalized spacial score (nSPS) is 18.2. The van der Waals surface area contributed by atoms with Crippen LogP contribution in [-0.2, 0) is 4.79 Å². The Morgan fingerprint density at radius 3 is 2.86 bits per heavy atom. The molecule has 1 amide bonds. The monoisotopic (exact) mass is 400 g/mol. The minimum atomic E-state index is -4.19. The van der Waals surface area contributed by atoms with Crippen molar-refractivity contribution in [3.05, 3.63) is 23.9 Å². The molecule has 1 aromatic heterocycles. The first-order valence-electron chi connectivity index (χ1n) is 9.32. The lowest BCUT2D eigenvalue weighted by Gasteiger charge is -2.19. The van der Waals surface area contributed by atoms with Crippen molar-refractivity contribution in [3.63, 3.8) is 0 Å². The van der Waals surface area contributed by atoms with Crippen LogP contribution in [0.5, 0.6) is 0 Å². The van der Waals surface area contributed by atoms with E-state index in [1.807, 2.05) is 26.0 Å². The molecule has 0 saturated carbocycles. The highest BCUT2D eigenvalue weighted by Crippen LogP contribution is 2.19. The third-order valence-corrected chi connectivity index (χ3v) is 4.12. The number of carbonyl (C=O) groups excluding carboxylic acids is 1. The lowest BCUT2D eigenvalue weighted by Crippen LogP contribution is -2.45. The summed E-state index contributed by atoms with van der Waals surface area (Å²) >= 11 is 0. The molecule has 10 heteroatoms. The number of carbonyl (C=O) groups is 1. The molecule has 7 nitrogen and oxygen atoms in total. The van der Waals surface area contributed by atoms with Crippen LogP contribution in [0.15, 0.2) is 23.2 Å². The largest absolute Gasteiger partial charge is 0.401 e. The van der Waals surface area contributed by atoms with Crippen molar-refractivity contribution in [2.45, 2.75) is 38.9 Å². The first-order valence-corrected chi connectivity index (χ1v) is 9.32. The van der Waals surface area contributed by atoms with Crippen LogP contribution in [0.2, 0.25) is 0 Å². The van der Waals surface area contributed by atoms with Gasteiger partial charge in [0, 0.05) is 37.8 Å². The Labute approximate surface area is 162 Å². The third-order valence-electron chi connectivity index (χ3n) is 4.12. The van der Waals surface area contributed by atoms with Crippen LogP contribution in [0.3, 0.4) is 0 Å². The molecule has 2 rings (SSSR count). The van der Waals surface area contributed by atoms with Crippen molar-refractivity contribution in [1.29, 1.82) is 0 Å². The molecule has 156 valence electrons. The summed E-state index contributed by atoms with van der Waals surface area (Å²) in [5.74, 6) is 0.799. The highest BCUT2D eigenvalue weighted by atomic mass is 19.4. The van der Waals surface area contributed by atoms with Gasteiger partial charge in [0.05, 0.1) is 13.1 Å². The molecule has 1 unspecified atom stereocenters. The molecule has 1 aliphatic heterocycles. The van der Waals surface area contributed by atoms with Gasteiger partial charge in [0.25, 0.3) is 0 Å². The molecule has 2 heterocycles. The van der Waals surface area contributed by atoms with Gasteiger partial charge in [0.2, 0.25) is 5.91 Å². The van der Waals surface area contributed by atoms with Gasteiger partial charge < -0.3 is 16.0 Å². The summed E-state index contributed by atoms with van der Waals surface area (Å²) in [6.45, 7) is 4.42. The Hall–Kier alpha value is -2.36. The molecule has 3 N–H and O–H groups in total. The molecule has 0 aliphatic carbocycles. The van der Waals surface area contributed by atoms with E-state index < -0.39 is 12.7 Å². The second-order valence-corrected chi connectivity index (χ2v) is 6.70. The van der Waals surface area contributed by atoms with Crippen LogP contribution in [0.25, 0.3) is 0 Å². The van der Waals surface area contributed by atoms with E-state index in [4.69, 9.17) is 0 Å². The van der Waals surface area contributed by atoms with E-state index in [1.54, 1.807) is 6.07 Å². The average molecular weight is 400 g/mol. The van der Waals surface area contributed by atoms with E-state index in [0.29, 0.717) is 37.8 Å². The Balaban J connectivity index is 1.79. The van der Waals surface area contributed by atoms with Gasteiger partial charge in [-0.25, -0.2) is 4.98 Å². The van der Waals surface area contributed by atoms with E-state index in [9.17, 15) is 18.0 Å². The smallest absolute Gasteiger partial charge is 0.357 e. The number of likely N-dealkylation sites (tertiary alicyclic amines) is 1. The van der Waals surface area contributed by atoms with E-state index >= 15 is 0 Å². The van der Waals surface area contributed by atoms with Crippen molar-refractivity contribution in [2.75, 3.05) is 38.0 Å². The fourth-order valence-corrected chi connectivity index (χ4v) is 2.95. The number of hydrogen-bond acceptors (Lipinski definition) is 4. The number of aromatic nitrogens is 1. The molecule has 0 radical (unpaired) electrons. The van der Waals surface area contributed by atoms with Crippen molar-refractivity contribution in [1.82, 2.24) is 20.5 Å². The first kappa shape index (κ1) is 21.9. The van der Waals surface area contributed by atoms with Crippen molar-refractivity contribution in [2.24, 2.45) is 4.99 Å². The Morgan fingerprint density at radius 1 is 1.39 bits per heavy atom. The Kier molecular flexibility index (Phi) is 8.04. The van der Waals surface area contributed by atoms with Crippen LogP contribution < -0.4 is 16.0 Å². The molecule has 1 atom stereocenters. The summed E-state index contributed by atoms with van der Waals surface area (Å²) in [6.07, 6.45) is -3.40. The summed E-state index contributed by atoms with van der Waals surface area (Å²) in [6, 6.07) is 5.26. The number of amides is 1. The molecule has 1 saturated heterocycles. The first-order chi connectivity index (χ1) is 13.2. The van der Waals surface area contributed by atoms with Crippen LogP contribution in [-0.4, -0.2) is 66.7 Å². The number of nitrogens with zero attached hydrogens (tertiary/aromatic N) is 3. The van der Waals surface area contributed by atoms with Gasteiger partial charge >= 0.3 is 6.18 Å². The molecule has 1 aliphatic rings. The number of pyridine rings is 1. The molecule has 0 spiro atoms. The van der Waals surface area contributed by atoms with Gasteiger partial charge in [-0.05, 0) is 32.4 Å². The number of rotatable bonds is 7. The highest BCUT2D eigenvalue weighted by molar-refractivity contribution is 5.90. The predicted molar refractivity (Wildman–Crippen MR) is 102 cm³/mol.